The van der Waals surface area contributed by atoms with Gasteiger partial charge < -0.3 is 14.2 Å². The molecule has 0 saturated carbocycles. The summed E-state index contributed by atoms with van der Waals surface area (Å²) in [6.45, 7) is 3.07. The zero-order valence-corrected chi connectivity index (χ0v) is 22.5. The van der Waals surface area contributed by atoms with Crippen molar-refractivity contribution in [1.82, 2.24) is 19.4 Å². The number of rotatable bonds is 8. The number of carbonyl (C=O) groups excluding carboxylic acids is 1. The maximum atomic E-state index is 13.6. The number of nitrogens with zero attached hydrogens (tertiary/aromatic N) is 4. The Kier molecular flexibility index (Phi) is 7.59. The van der Waals surface area contributed by atoms with Crippen molar-refractivity contribution in [1.29, 1.82) is 0 Å². The summed E-state index contributed by atoms with van der Waals surface area (Å²) in [6.07, 6.45) is 1.81. The molecular weight excluding hydrogens is 504 g/mol. The van der Waals surface area contributed by atoms with Crippen molar-refractivity contribution in [3.05, 3.63) is 80.8 Å². The van der Waals surface area contributed by atoms with E-state index in [-0.39, 0.29) is 24.3 Å². The van der Waals surface area contributed by atoms with Crippen LogP contribution in [-0.4, -0.2) is 46.3 Å². The molecule has 198 valence electrons. The van der Waals surface area contributed by atoms with Gasteiger partial charge in [0, 0.05) is 24.6 Å². The van der Waals surface area contributed by atoms with E-state index in [1.807, 2.05) is 49.4 Å². The molecule has 10 heteroatoms. The molecule has 0 N–H and O–H groups in total. The highest BCUT2D eigenvalue weighted by molar-refractivity contribution is 7.18. The summed E-state index contributed by atoms with van der Waals surface area (Å²) in [7, 11) is 3.19. The number of ether oxygens (including phenoxy) is 3. The van der Waals surface area contributed by atoms with Gasteiger partial charge >= 0.3 is 6.09 Å². The molecule has 0 aliphatic carbocycles. The number of aromatic nitrogens is 3. The summed E-state index contributed by atoms with van der Waals surface area (Å²) < 4.78 is 18.1. The fourth-order valence-corrected chi connectivity index (χ4v) is 5.84. The van der Waals surface area contributed by atoms with Gasteiger partial charge in [0.2, 0.25) is 0 Å². The van der Waals surface area contributed by atoms with Crippen LogP contribution >= 0.6 is 11.3 Å². The quantitative estimate of drug-likeness (QED) is 0.315. The second-order valence-corrected chi connectivity index (χ2v) is 10.1. The Bertz CT molecular complexity index is 1500. The zero-order valence-electron chi connectivity index (χ0n) is 21.7. The van der Waals surface area contributed by atoms with Gasteiger partial charge in [0.05, 0.1) is 26.8 Å². The lowest BCUT2D eigenvalue weighted by Gasteiger charge is -2.22. The first-order valence-electron chi connectivity index (χ1n) is 12.6. The first kappa shape index (κ1) is 25.7. The molecule has 2 aromatic heterocycles. The average molecular weight is 535 g/mol. The fourth-order valence-electron chi connectivity index (χ4n) is 4.74. The van der Waals surface area contributed by atoms with Crippen molar-refractivity contribution in [3.8, 4) is 11.5 Å². The highest BCUT2D eigenvalue weighted by Gasteiger charge is 2.34. The summed E-state index contributed by atoms with van der Waals surface area (Å²) in [5.41, 5.74) is 1.88. The smallest absolute Gasteiger partial charge is 0.410 e. The Labute approximate surface area is 224 Å². The highest BCUT2D eigenvalue weighted by Crippen LogP contribution is 2.36. The van der Waals surface area contributed by atoms with Gasteiger partial charge in [-0.3, -0.25) is 14.3 Å². The van der Waals surface area contributed by atoms with E-state index >= 15 is 0 Å². The van der Waals surface area contributed by atoms with Crippen molar-refractivity contribution in [2.24, 2.45) is 0 Å². The van der Waals surface area contributed by atoms with E-state index in [0.29, 0.717) is 52.2 Å². The van der Waals surface area contributed by atoms with E-state index in [1.54, 1.807) is 29.8 Å². The molecule has 0 radical (unpaired) electrons. The first-order chi connectivity index (χ1) is 18.5. The van der Waals surface area contributed by atoms with E-state index in [9.17, 15) is 9.59 Å². The lowest BCUT2D eigenvalue weighted by Crippen LogP contribution is -2.31. The predicted octanol–water partition coefficient (Wildman–Crippen LogP) is 4.95. The van der Waals surface area contributed by atoms with Crippen LogP contribution in [0.5, 0.6) is 11.5 Å². The predicted molar refractivity (Wildman–Crippen MR) is 145 cm³/mol. The number of methoxy groups -OCH3 is 2. The first-order valence-corrected chi connectivity index (χ1v) is 13.4. The van der Waals surface area contributed by atoms with E-state index in [1.165, 1.54) is 11.3 Å². The van der Waals surface area contributed by atoms with E-state index in [2.05, 4.69) is 0 Å². The minimum Gasteiger partial charge on any atom is -0.497 e. The molecule has 1 atom stereocenters. The molecule has 1 amide bonds. The monoisotopic (exact) mass is 534 g/mol. The molecule has 1 unspecified atom stereocenters. The number of hydrogen-bond acceptors (Lipinski definition) is 8. The summed E-state index contributed by atoms with van der Waals surface area (Å²) in [6, 6.07) is 14.9. The van der Waals surface area contributed by atoms with Crippen LogP contribution in [0.15, 0.2) is 53.3 Å². The van der Waals surface area contributed by atoms with Gasteiger partial charge in [-0.1, -0.05) is 48.6 Å². The number of thiazole rings is 1. The fraction of sp³-hybridized carbons (Fsp3) is 0.357. The zero-order chi connectivity index (χ0) is 26.6. The molecule has 1 fully saturated rings. The van der Waals surface area contributed by atoms with Gasteiger partial charge in [-0.25, -0.2) is 14.8 Å². The van der Waals surface area contributed by atoms with Crippen molar-refractivity contribution in [3.63, 3.8) is 0 Å². The molecule has 1 aliphatic rings. The summed E-state index contributed by atoms with van der Waals surface area (Å²) >= 11 is 1.38. The minimum absolute atomic E-state index is 0.205. The SMILES string of the molecule is CCc1nc2sc(C3CCCN3C(=O)OCc3ccccc3)nc2c(=O)n1Cc1ccc(OC)cc1OC. The van der Waals surface area contributed by atoms with Gasteiger partial charge in [0.25, 0.3) is 5.56 Å². The summed E-state index contributed by atoms with van der Waals surface area (Å²) in [5, 5.41) is 0.709. The van der Waals surface area contributed by atoms with E-state index in [0.717, 1.165) is 24.0 Å². The lowest BCUT2D eigenvalue weighted by molar-refractivity contribution is 0.0920. The maximum Gasteiger partial charge on any atom is 0.410 e. The highest BCUT2D eigenvalue weighted by atomic mass is 32.1. The molecule has 2 aromatic carbocycles. The number of fused-ring (bicyclic) bond motifs is 1. The van der Waals surface area contributed by atoms with E-state index in [4.69, 9.17) is 24.2 Å². The van der Waals surface area contributed by atoms with Gasteiger partial charge in [0.1, 0.15) is 28.9 Å². The molecule has 9 nitrogen and oxygen atoms in total. The number of benzene rings is 2. The van der Waals surface area contributed by atoms with Crippen molar-refractivity contribution in [2.45, 2.75) is 45.4 Å². The van der Waals surface area contributed by atoms with Gasteiger partial charge in [-0.05, 0) is 30.5 Å². The minimum atomic E-state index is -0.373. The molecule has 4 aromatic rings. The Morgan fingerprint density at radius 2 is 1.92 bits per heavy atom. The third kappa shape index (κ3) is 5.08. The third-order valence-electron chi connectivity index (χ3n) is 6.73. The Morgan fingerprint density at radius 3 is 2.66 bits per heavy atom. The number of likely N-dealkylation sites (tertiary alicyclic amines) is 1. The van der Waals surface area contributed by atoms with Crippen molar-refractivity contribution < 1.29 is 19.0 Å². The lowest BCUT2D eigenvalue weighted by atomic mass is 10.2. The van der Waals surface area contributed by atoms with Crippen LogP contribution in [-0.2, 0) is 24.3 Å². The van der Waals surface area contributed by atoms with Crippen LogP contribution in [0.3, 0.4) is 0 Å². The Balaban J connectivity index is 1.43. The second kappa shape index (κ2) is 11.2. The van der Waals surface area contributed by atoms with Gasteiger partial charge in [-0.2, -0.15) is 0 Å². The third-order valence-corrected chi connectivity index (χ3v) is 7.78. The Morgan fingerprint density at radius 1 is 1.11 bits per heavy atom. The Hall–Kier alpha value is -3.92. The molecule has 1 saturated heterocycles. The topological polar surface area (TPSA) is 95.8 Å². The normalized spacial score (nSPS) is 15.1. The summed E-state index contributed by atoms with van der Waals surface area (Å²) in [4.78, 5) is 38.4. The standard InChI is InChI=1S/C28H30N4O5S/c1-4-23-29-26-24(27(33)32(23)16-19-12-13-20(35-2)15-22(19)36-3)30-25(38-26)21-11-8-14-31(21)28(34)37-17-18-9-6-5-7-10-18/h5-7,9-10,12-13,15,21H,4,8,11,14,16-17H2,1-3H3. The molecule has 0 spiro atoms. The number of amides is 1. The maximum absolute atomic E-state index is 13.6. The number of hydrogen-bond donors (Lipinski definition) is 0. The number of aryl methyl sites for hydroxylation is 1. The molecule has 1 aliphatic heterocycles. The van der Waals surface area contributed by atoms with Crippen LogP contribution < -0.4 is 15.0 Å². The largest absolute Gasteiger partial charge is 0.497 e. The summed E-state index contributed by atoms with van der Waals surface area (Å²) in [5.74, 6) is 1.98. The molecule has 3 heterocycles. The van der Waals surface area contributed by atoms with Crippen LogP contribution in [0.1, 0.15) is 47.8 Å². The van der Waals surface area contributed by atoms with Crippen molar-refractivity contribution in [2.75, 3.05) is 20.8 Å². The van der Waals surface area contributed by atoms with Gasteiger partial charge in [0.15, 0.2) is 10.3 Å². The van der Waals surface area contributed by atoms with Crippen LogP contribution in [0.25, 0.3) is 10.3 Å². The van der Waals surface area contributed by atoms with Crippen molar-refractivity contribution >= 4 is 27.8 Å². The number of carbonyl (C=O) groups is 1. The second-order valence-electron chi connectivity index (χ2n) is 9.05. The van der Waals surface area contributed by atoms with E-state index < -0.39 is 0 Å². The van der Waals surface area contributed by atoms with Crippen LogP contribution in [0.2, 0.25) is 0 Å². The van der Waals surface area contributed by atoms with Gasteiger partial charge in [-0.15, -0.1) is 0 Å². The molecule has 5 rings (SSSR count). The van der Waals surface area contributed by atoms with Crippen LogP contribution in [0.4, 0.5) is 4.79 Å². The molecule has 0 bridgehead atoms. The van der Waals surface area contributed by atoms with Crippen LogP contribution in [0, 0.1) is 0 Å². The molecule has 38 heavy (non-hydrogen) atoms. The molecular formula is C28H30N4O5S. The average Bonchev–Trinajstić information content (AvgIpc) is 3.61.